The molecule has 0 radical (unpaired) electrons. The van der Waals surface area contributed by atoms with E-state index in [9.17, 15) is 18.0 Å². The lowest BCUT2D eigenvalue weighted by molar-refractivity contribution is -0.148. The van der Waals surface area contributed by atoms with Crippen molar-refractivity contribution in [1.82, 2.24) is 4.90 Å². The first-order valence-electron chi connectivity index (χ1n) is 5.90. The van der Waals surface area contributed by atoms with E-state index in [1.54, 1.807) is 4.90 Å². The summed E-state index contributed by atoms with van der Waals surface area (Å²) in [6.07, 6.45) is -3.74. The molecule has 1 aliphatic rings. The molecule has 1 fully saturated rings. The van der Waals surface area contributed by atoms with E-state index >= 15 is 0 Å². The molecule has 1 atom stereocenters. The number of halogens is 3. The molecule has 1 aliphatic heterocycles. The number of likely N-dealkylation sites (tertiary alicyclic amines) is 1. The number of rotatable bonds is 2. The molecule has 2 rings (SSSR count). The van der Waals surface area contributed by atoms with Crippen LogP contribution in [-0.4, -0.2) is 35.6 Å². The van der Waals surface area contributed by atoms with Crippen LogP contribution in [0, 0.1) is 0 Å². The van der Waals surface area contributed by atoms with Crippen LogP contribution in [0.15, 0.2) is 24.3 Å². The van der Waals surface area contributed by atoms with Crippen LogP contribution in [-0.2, 0) is 15.7 Å². The van der Waals surface area contributed by atoms with Crippen molar-refractivity contribution in [2.24, 2.45) is 0 Å². The summed E-state index contributed by atoms with van der Waals surface area (Å²) in [5, 5.41) is 0. The summed E-state index contributed by atoms with van der Waals surface area (Å²) < 4.78 is 42.0. The molecule has 3 nitrogen and oxygen atoms in total. The van der Waals surface area contributed by atoms with Gasteiger partial charge in [0, 0.05) is 12.1 Å². The monoisotopic (exact) mass is 303 g/mol. The van der Waals surface area contributed by atoms with E-state index in [-0.39, 0.29) is 5.97 Å². The van der Waals surface area contributed by atoms with Crippen molar-refractivity contribution in [2.75, 3.05) is 13.7 Å². The molecule has 108 valence electrons. The number of methoxy groups -OCH3 is 1. The van der Waals surface area contributed by atoms with Crippen LogP contribution in [0.4, 0.5) is 13.2 Å². The Kier molecular flexibility index (Phi) is 3.99. The summed E-state index contributed by atoms with van der Waals surface area (Å²) in [5.41, 5.74) is -0.237. The molecule has 7 heteroatoms. The number of nitrogens with zero attached hydrogens (tertiary/aromatic N) is 1. The molecular formula is C13H12F3NO2S. The van der Waals surface area contributed by atoms with Gasteiger partial charge in [-0.05, 0) is 18.6 Å². The molecule has 0 aromatic heterocycles. The first-order valence-corrected chi connectivity index (χ1v) is 6.31. The van der Waals surface area contributed by atoms with Crippen LogP contribution in [0.2, 0.25) is 0 Å². The average Bonchev–Trinajstić information content (AvgIpc) is 2.36. The predicted molar refractivity (Wildman–Crippen MR) is 70.3 cm³/mol. The molecule has 1 aromatic carbocycles. The molecule has 1 saturated heterocycles. The van der Waals surface area contributed by atoms with Crippen LogP contribution in [0.3, 0.4) is 0 Å². The van der Waals surface area contributed by atoms with Gasteiger partial charge in [-0.15, -0.1) is 0 Å². The normalized spacial score (nSPS) is 18.4. The Morgan fingerprint density at radius 3 is 2.35 bits per heavy atom. The number of esters is 1. The highest BCUT2D eigenvalue weighted by molar-refractivity contribution is 7.80. The molecule has 0 spiro atoms. The van der Waals surface area contributed by atoms with Gasteiger partial charge in [-0.1, -0.05) is 24.4 Å². The van der Waals surface area contributed by atoms with Crippen LogP contribution in [0.1, 0.15) is 17.5 Å². The SMILES string of the molecule is COC(=O)C1CCN1C(=S)c1ccc(C(F)(F)F)cc1. The Morgan fingerprint density at radius 2 is 1.95 bits per heavy atom. The van der Waals surface area contributed by atoms with Crippen molar-refractivity contribution in [2.45, 2.75) is 18.6 Å². The summed E-state index contributed by atoms with van der Waals surface area (Å²) in [4.78, 5) is 13.5. The van der Waals surface area contributed by atoms with Crippen LogP contribution in [0.5, 0.6) is 0 Å². The second-order valence-corrected chi connectivity index (χ2v) is 4.79. The third-order valence-electron chi connectivity index (χ3n) is 3.21. The minimum atomic E-state index is -4.37. The van der Waals surface area contributed by atoms with E-state index in [0.29, 0.717) is 23.5 Å². The van der Waals surface area contributed by atoms with Gasteiger partial charge in [0.1, 0.15) is 11.0 Å². The zero-order chi connectivity index (χ0) is 14.9. The van der Waals surface area contributed by atoms with Crippen molar-refractivity contribution < 1.29 is 22.7 Å². The number of thiocarbonyl (C=S) groups is 1. The number of benzene rings is 1. The standard InChI is InChI=1S/C13H12F3NO2S/c1-19-12(18)10-6-7-17(10)11(20)8-2-4-9(5-3-8)13(14,15)16/h2-5,10H,6-7H2,1H3. The van der Waals surface area contributed by atoms with Crippen LogP contribution in [0.25, 0.3) is 0 Å². The van der Waals surface area contributed by atoms with Gasteiger partial charge in [-0.2, -0.15) is 13.2 Å². The van der Waals surface area contributed by atoms with E-state index in [4.69, 9.17) is 12.2 Å². The second-order valence-electron chi connectivity index (χ2n) is 4.40. The van der Waals surface area contributed by atoms with Crippen molar-refractivity contribution in [3.8, 4) is 0 Å². The smallest absolute Gasteiger partial charge is 0.416 e. The van der Waals surface area contributed by atoms with Gasteiger partial charge in [0.05, 0.1) is 12.7 Å². The molecule has 0 N–H and O–H groups in total. The highest BCUT2D eigenvalue weighted by atomic mass is 32.1. The Balaban J connectivity index is 2.12. The number of carbonyl (C=O) groups is 1. The Bertz CT molecular complexity index is 527. The molecule has 0 saturated carbocycles. The van der Waals surface area contributed by atoms with E-state index in [2.05, 4.69) is 4.74 Å². The lowest BCUT2D eigenvalue weighted by Crippen LogP contribution is -2.55. The quantitative estimate of drug-likeness (QED) is 0.620. The highest BCUT2D eigenvalue weighted by Crippen LogP contribution is 2.30. The molecular weight excluding hydrogens is 291 g/mol. The molecule has 1 heterocycles. The second kappa shape index (κ2) is 5.40. The fraction of sp³-hybridized carbons (Fsp3) is 0.385. The molecule has 0 bridgehead atoms. The molecule has 20 heavy (non-hydrogen) atoms. The van der Waals surface area contributed by atoms with Gasteiger partial charge in [-0.3, -0.25) is 0 Å². The van der Waals surface area contributed by atoms with Crippen molar-refractivity contribution in [3.63, 3.8) is 0 Å². The zero-order valence-electron chi connectivity index (χ0n) is 10.6. The maximum absolute atomic E-state index is 12.5. The first-order chi connectivity index (χ1) is 9.34. The lowest BCUT2D eigenvalue weighted by Gasteiger charge is -2.40. The maximum atomic E-state index is 12.5. The van der Waals surface area contributed by atoms with Gasteiger partial charge in [0.2, 0.25) is 0 Å². The lowest BCUT2D eigenvalue weighted by atomic mass is 10.0. The highest BCUT2D eigenvalue weighted by Gasteiger charge is 2.37. The first kappa shape index (κ1) is 14.8. The number of hydrogen-bond acceptors (Lipinski definition) is 3. The third kappa shape index (κ3) is 2.77. The summed E-state index contributed by atoms with van der Waals surface area (Å²) in [7, 11) is 1.29. The minimum absolute atomic E-state index is 0.361. The Morgan fingerprint density at radius 1 is 1.35 bits per heavy atom. The predicted octanol–water partition coefficient (Wildman–Crippen LogP) is 2.63. The average molecular weight is 303 g/mol. The molecule has 1 unspecified atom stereocenters. The summed E-state index contributed by atoms with van der Waals surface area (Å²) in [6, 6.07) is 4.16. The van der Waals surface area contributed by atoms with Gasteiger partial charge >= 0.3 is 12.1 Å². The number of hydrogen-bond donors (Lipinski definition) is 0. The van der Waals surface area contributed by atoms with Gasteiger partial charge in [0.25, 0.3) is 0 Å². The largest absolute Gasteiger partial charge is 0.467 e. The zero-order valence-corrected chi connectivity index (χ0v) is 11.4. The number of carbonyl (C=O) groups excluding carboxylic acids is 1. The maximum Gasteiger partial charge on any atom is 0.416 e. The van der Waals surface area contributed by atoms with Crippen molar-refractivity contribution >= 4 is 23.2 Å². The van der Waals surface area contributed by atoms with E-state index in [1.165, 1.54) is 19.2 Å². The fourth-order valence-electron chi connectivity index (χ4n) is 1.98. The van der Waals surface area contributed by atoms with E-state index in [0.717, 1.165) is 12.1 Å². The Hall–Kier alpha value is -1.63. The minimum Gasteiger partial charge on any atom is -0.467 e. The topological polar surface area (TPSA) is 29.5 Å². The molecule has 0 amide bonds. The Labute approximate surface area is 119 Å². The molecule has 0 aliphatic carbocycles. The van der Waals surface area contributed by atoms with E-state index < -0.39 is 17.8 Å². The van der Waals surface area contributed by atoms with E-state index in [1.807, 2.05) is 0 Å². The van der Waals surface area contributed by atoms with Crippen molar-refractivity contribution in [3.05, 3.63) is 35.4 Å². The number of alkyl halides is 3. The van der Waals surface area contributed by atoms with Crippen molar-refractivity contribution in [1.29, 1.82) is 0 Å². The van der Waals surface area contributed by atoms with Gasteiger partial charge < -0.3 is 9.64 Å². The number of ether oxygens (including phenoxy) is 1. The fourth-order valence-corrected chi connectivity index (χ4v) is 2.33. The third-order valence-corrected chi connectivity index (χ3v) is 3.68. The van der Waals surface area contributed by atoms with Gasteiger partial charge in [-0.25, -0.2) is 4.79 Å². The van der Waals surface area contributed by atoms with Crippen LogP contribution < -0.4 is 0 Å². The summed E-state index contributed by atoms with van der Waals surface area (Å²) >= 11 is 5.21. The molecule has 1 aromatic rings. The van der Waals surface area contributed by atoms with Crippen LogP contribution >= 0.6 is 12.2 Å². The summed E-state index contributed by atoms with van der Waals surface area (Å²) in [5.74, 6) is -0.384. The summed E-state index contributed by atoms with van der Waals surface area (Å²) in [6.45, 7) is 0.597. The van der Waals surface area contributed by atoms with Gasteiger partial charge in [0.15, 0.2) is 0 Å².